The predicted octanol–water partition coefficient (Wildman–Crippen LogP) is 4.77. The normalized spacial score (nSPS) is 11.1. The molecule has 0 aliphatic rings. The lowest BCUT2D eigenvalue weighted by Crippen LogP contribution is -2.16. The summed E-state index contributed by atoms with van der Waals surface area (Å²) >= 11 is 5.95. The van der Waals surface area contributed by atoms with E-state index >= 15 is 0 Å². The smallest absolute Gasteiger partial charge is 0.335 e. The van der Waals surface area contributed by atoms with E-state index in [-0.39, 0.29) is 22.0 Å². The van der Waals surface area contributed by atoms with Crippen molar-refractivity contribution in [1.29, 1.82) is 0 Å². The van der Waals surface area contributed by atoms with Crippen molar-refractivity contribution in [2.45, 2.75) is 4.90 Å². The standard InChI is InChI=1S/C19H13ClFNO5S/c20-13-7-9-17(27-14-4-2-1-3-5-14)16(11-13)22-28(25,26)18-10-12(19(23)24)6-8-15(18)21/h1-11,22H,(H,23,24). The van der Waals surface area contributed by atoms with E-state index in [9.17, 15) is 17.6 Å². The highest BCUT2D eigenvalue weighted by Gasteiger charge is 2.23. The molecular formula is C19H13ClFNO5S. The Kier molecular flexibility index (Phi) is 5.53. The summed E-state index contributed by atoms with van der Waals surface area (Å²) in [5.41, 5.74) is -0.398. The minimum Gasteiger partial charge on any atom is -0.478 e. The van der Waals surface area contributed by atoms with Gasteiger partial charge in [-0.15, -0.1) is 0 Å². The van der Waals surface area contributed by atoms with Gasteiger partial charge < -0.3 is 9.84 Å². The van der Waals surface area contributed by atoms with Crippen molar-refractivity contribution in [1.82, 2.24) is 0 Å². The molecule has 0 saturated heterocycles. The number of sulfonamides is 1. The number of halogens is 2. The van der Waals surface area contributed by atoms with Crippen LogP contribution in [0.3, 0.4) is 0 Å². The van der Waals surface area contributed by atoms with Gasteiger partial charge in [0.25, 0.3) is 10.0 Å². The van der Waals surface area contributed by atoms with E-state index in [2.05, 4.69) is 4.72 Å². The zero-order valence-electron chi connectivity index (χ0n) is 14.1. The molecule has 0 bridgehead atoms. The van der Waals surface area contributed by atoms with Gasteiger partial charge >= 0.3 is 5.97 Å². The number of aromatic carboxylic acids is 1. The topological polar surface area (TPSA) is 92.7 Å². The summed E-state index contributed by atoms with van der Waals surface area (Å²) in [7, 11) is -4.46. The van der Waals surface area contributed by atoms with Crippen molar-refractivity contribution in [2.24, 2.45) is 0 Å². The van der Waals surface area contributed by atoms with E-state index in [0.29, 0.717) is 5.75 Å². The van der Waals surface area contributed by atoms with Crippen LogP contribution in [0.5, 0.6) is 11.5 Å². The van der Waals surface area contributed by atoms with E-state index in [1.165, 1.54) is 18.2 Å². The molecule has 144 valence electrons. The first kappa shape index (κ1) is 19.7. The van der Waals surface area contributed by atoms with Crippen LogP contribution in [0, 0.1) is 5.82 Å². The largest absolute Gasteiger partial charge is 0.478 e. The van der Waals surface area contributed by atoms with Gasteiger partial charge in [0.15, 0.2) is 5.75 Å². The number of nitrogens with one attached hydrogen (secondary N) is 1. The lowest BCUT2D eigenvalue weighted by molar-refractivity contribution is 0.0696. The number of rotatable bonds is 6. The van der Waals surface area contributed by atoms with E-state index < -0.39 is 26.7 Å². The number of benzene rings is 3. The van der Waals surface area contributed by atoms with Crippen molar-refractivity contribution in [3.05, 3.63) is 83.1 Å². The summed E-state index contributed by atoms with van der Waals surface area (Å²) in [6.45, 7) is 0. The molecule has 3 aromatic rings. The van der Waals surface area contributed by atoms with Gasteiger partial charge in [0.1, 0.15) is 16.5 Å². The van der Waals surface area contributed by atoms with Crippen LogP contribution in [-0.2, 0) is 10.0 Å². The highest BCUT2D eigenvalue weighted by atomic mass is 35.5. The zero-order chi connectivity index (χ0) is 20.3. The van der Waals surface area contributed by atoms with Gasteiger partial charge in [0, 0.05) is 5.02 Å². The first-order valence-electron chi connectivity index (χ1n) is 7.84. The molecule has 9 heteroatoms. The third-order valence-electron chi connectivity index (χ3n) is 3.62. The maximum Gasteiger partial charge on any atom is 0.335 e. The molecule has 6 nitrogen and oxygen atoms in total. The zero-order valence-corrected chi connectivity index (χ0v) is 15.7. The molecule has 3 aromatic carbocycles. The maximum atomic E-state index is 14.1. The second-order valence-electron chi connectivity index (χ2n) is 5.61. The Labute approximate surface area is 165 Å². The van der Waals surface area contributed by atoms with Crippen LogP contribution in [0.4, 0.5) is 10.1 Å². The van der Waals surface area contributed by atoms with Crippen molar-refractivity contribution in [3.8, 4) is 11.5 Å². The number of carbonyl (C=O) groups is 1. The van der Waals surface area contributed by atoms with Crippen molar-refractivity contribution in [3.63, 3.8) is 0 Å². The molecule has 2 N–H and O–H groups in total. The third kappa shape index (κ3) is 4.41. The average Bonchev–Trinajstić information content (AvgIpc) is 2.64. The molecule has 0 fully saturated rings. The van der Waals surface area contributed by atoms with Crippen molar-refractivity contribution < 1.29 is 27.4 Å². The second-order valence-corrected chi connectivity index (χ2v) is 7.70. The van der Waals surface area contributed by atoms with Crippen LogP contribution in [0.25, 0.3) is 0 Å². The van der Waals surface area contributed by atoms with Gasteiger partial charge in [0.05, 0.1) is 11.3 Å². The maximum absolute atomic E-state index is 14.1. The first-order valence-corrected chi connectivity index (χ1v) is 9.70. The molecular weight excluding hydrogens is 409 g/mol. The van der Waals surface area contributed by atoms with Gasteiger partial charge in [-0.3, -0.25) is 4.72 Å². The SMILES string of the molecule is O=C(O)c1ccc(F)c(S(=O)(=O)Nc2cc(Cl)ccc2Oc2ccccc2)c1. The predicted molar refractivity (Wildman–Crippen MR) is 102 cm³/mol. The minimum absolute atomic E-state index is 0.0310. The lowest BCUT2D eigenvalue weighted by atomic mass is 10.2. The Hall–Kier alpha value is -3.10. The minimum atomic E-state index is -4.46. The molecule has 0 spiro atoms. The monoisotopic (exact) mass is 421 g/mol. The van der Waals surface area contributed by atoms with Crippen LogP contribution in [0.2, 0.25) is 5.02 Å². The van der Waals surface area contributed by atoms with Gasteiger partial charge in [-0.2, -0.15) is 0 Å². The highest BCUT2D eigenvalue weighted by Crippen LogP contribution is 2.34. The Morgan fingerprint density at radius 1 is 1.04 bits per heavy atom. The fourth-order valence-electron chi connectivity index (χ4n) is 2.33. The fraction of sp³-hybridized carbons (Fsp3) is 0. The molecule has 0 aromatic heterocycles. The fourth-order valence-corrected chi connectivity index (χ4v) is 3.67. The van der Waals surface area contributed by atoms with Crippen LogP contribution in [-0.4, -0.2) is 19.5 Å². The Bertz CT molecular complexity index is 1140. The molecule has 0 amide bonds. The van der Waals surface area contributed by atoms with Gasteiger partial charge in [-0.1, -0.05) is 29.8 Å². The molecule has 0 heterocycles. The third-order valence-corrected chi connectivity index (χ3v) is 5.24. The highest BCUT2D eigenvalue weighted by molar-refractivity contribution is 7.92. The van der Waals surface area contributed by atoms with Crippen LogP contribution < -0.4 is 9.46 Å². The Morgan fingerprint density at radius 3 is 2.43 bits per heavy atom. The Morgan fingerprint density at radius 2 is 1.75 bits per heavy atom. The summed E-state index contributed by atoms with van der Waals surface area (Å²) in [6, 6.07) is 15.3. The summed E-state index contributed by atoms with van der Waals surface area (Å²) in [5, 5.41) is 9.25. The second kappa shape index (κ2) is 7.87. The van der Waals surface area contributed by atoms with Crippen LogP contribution >= 0.6 is 11.6 Å². The van der Waals surface area contributed by atoms with E-state index in [1.807, 2.05) is 0 Å². The quantitative estimate of drug-likeness (QED) is 0.598. The van der Waals surface area contributed by atoms with Crippen molar-refractivity contribution in [2.75, 3.05) is 4.72 Å². The van der Waals surface area contributed by atoms with Crippen molar-refractivity contribution >= 4 is 33.3 Å². The molecule has 0 aliphatic carbocycles. The Balaban J connectivity index is 2.00. The van der Waals surface area contributed by atoms with E-state index in [0.717, 1.165) is 18.2 Å². The summed E-state index contributed by atoms with van der Waals surface area (Å²) < 4.78 is 47.3. The van der Waals surface area contributed by atoms with E-state index in [4.69, 9.17) is 21.4 Å². The molecule has 0 saturated carbocycles. The van der Waals surface area contributed by atoms with Gasteiger partial charge in [-0.05, 0) is 48.5 Å². The number of ether oxygens (including phenoxy) is 1. The molecule has 0 unspecified atom stereocenters. The first-order chi connectivity index (χ1) is 13.3. The van der Waals surface area contributed by atoms with Gasteiger partial charge in [-0.25, -0.2) is 17.6 Å². The number of para-hydroxylation sites is 1. The summed E-state index contributed by atoms with van der Waals surface area (Å²) in [6.07, 6.45) is 0. The molecule has 28 heavy (non-hydrogen) atoms. The number of anilines is 1. The average molecular weight is 422 g/mol. The number of hydrogen-bond acceptors (Lipinski definition) is 4. The van der Waals surface area contributed by atoms with E-state index in [1.54, 1.807) is 30.3 Å². The summed E-state index contributed by atoms with van der Waals surface area (Å²) in [5.74, 6) is -1.89. The van der Waals surface area contributed by atoms with Crippen LogP contribution in [0.1, 0.15) is 10.4 Å². The molecule has 0 radical (unpaired) electrons. The van der Waals surface area contributed by atoms with Crippen LogP contribution in [0.15, 0.2) is 71.6 Å². The lowest BCUT2D eigenvalue weighted by Gasteiger charge is -2.14. The number of hydrogen-bond donors (Lipinski definition) is 2. The summed E-state index contributed by atoms with van der Waals surface area (Å²) in [4.78, 5) is 10.3. The molecule has 3 rings (SSSR count). The molecule has 0 atom stereocenters. The number of carboxylic acid groups (broad SMARTS) is 1. The van der Waals surface area contributed by atoms with Gasteiger partial charge in [0.2, 0.25) is 0 Å². The molecule has 0 aliphatic heterocycles. The number of carboxylic acids is 1.